The van der Waals surface area contributed by atoms with Gasteiger partial charge in [-0.05, 0) is 19.3 Å². The standard InChI is InChI=1S/C27H51N2O3/c1-5-6-7-8-9-10-11-12-13-16-27(31)32-25(19-28-17-14-15-26(28)30)22-29(4)20-23(2)18-24(3)21-29/h23-25H,5-22H2,1-4H3/q+1. The molecule has 0 spiro atoms. The van der Waals surface area contributed by atoms with Crippen molar-refractivity contribution in [1.82, 2.24) is 4.90 Å². The fourth-order valence-electron chi connectivity index (χ4n) is 6.16. The summed E-state index contributed by atoms with van der Waals surface area (Å²) in [4.78, 5) is 26.8. The van der Waals surface area contributed by atoms with Gasteiger partial charge in [0.15, 0.2) is 6.10 Å². The second kappa shape index (κ2) is 14.2. The van der Waals surface area contributed by atoms with Gasteiger partial charge < -0.3 is 14.1 Å². The van der Waals surface area contributed by atoms with Gasteiger partial charge in [0.25, 0.3) is 0 Å². The van der Waals surface area contributed by atoms with Crippen LogP contribution < -0.4 is 0 Å². The van der Waals surface area contributed by atoms with Crippen LogP contribution in [0.5, 0.6) is 0 Å². The van der Waals surface area contributed by atoms with Gasteiger partial charge in [-0.1, -0.05) is 72.1 Å². The first-order chi connectivity index (χ1) is 15.3. The lowest BCUT2D eigenvalue weighted by molar-refractivity contribution is -0.923. The van der Waals surface area contributed by atoms with E-state index in [4.69, 9.17) is 4.74 Å². The maximum Gasteiger partial charge on any atom is 0.306 e. The summed E-state index contributed by atoms with van der Waals surface area (Å²) < 4.78 is 6.97. The molecule has 2 saturated heterocycles. The number of likely N-dealkylation sites (N-methyl/N-ethyl adjacent to an activating group) is 1. The maximum absolute atomic E-state index is 12.7. The summed E-state index contributed by atoms with van der Waals surface area (Å²) >= 11 is 0. The van der Waals surface area contributed by atoms with Gasteiger partial charge in [-0.3, -0.25) is 9.59 Å². The Hall–Kier alpha value is -1.10. The lowest BCUT2D eigenvalue weighted by Crippen LogP contribution is -2.58. The summed E-state index contributed by atoms with van der Waals surface area (Å²) in [6, 6.07) is 0. The largest absolute Gasteiger partial charge is 0.454 e. The number of piperidine rings is 1. The van der Waals surface area contributed by atoms with Crippen molar-refractivity contribution in [3.8, 4) is 0 Å². The Morgan fingerprint density at radius 3 is 2.19 bits per heavy atom. The van der Waals surface area contributed by atoms with Crippen molar-refractivity contribution >= 4 is 11.9 Å². The summed E-state index contributed by atoms with van der Waals surface area (Å²) in [7, 11) is 2.30. The van der Waals surface area contributed by atoms with Crippen LogP contribution >= 0.6 is 0 Å². The number of carbonyl (C=O) groups is 2. The van der Waals surface area contributed by atoms with Gasteiger partial charge in [-0.15, -0.1) is 0 Å². The van der Waals surface area contributed by atoms with Crippen LogP contribution in [0.3, 0.4) is 0 Å². The van der Waals surface area contributed by atoms with E-state index in [2.05, 4.69) is 27.8 Å². The fourth-order valence-corrected chi connectivity index (χ4v) is 6.16. The quantitative estimate of drug-likeness (QED) is 0.186. The molecule has 2 fully saturated rings. The summed E-state index contributed by atoms with van der Waals surface area (Å²) in [6.07, 6.45) is 14.4. The van der Waals surface area contributed by atoms with E-state index in [1.807, 2.05) is 4.90 Å². The molecule has 1 amide bonds. The molecule has 32 heavy (non-hydrogen) atoms. The van der Waals surface area contributed by atoms with Gasteiger partial charge in [-0.2, -0.15) is 0 Å². The SMILES string of the molecule is CCCCCCCCCCCC(=O)OC(CN1CCCC1=O)C[N+]1(C)CC(C)CC(C)C1. The monoisotopic (exact) mass is 451 g/mol. The molecule has 0 radical (unpaired) electrons. The first-order valence-electron chi connectivity index (χ1n) is 13.6. The number of likely N-dealkylation sites (tertiary alicyclic amines) is 2. The molecule has 5 heteroatoms. The van der Waals surface area contributed by atoms with Crippen LogP contribution in [-0.2, 0) is 14.3 Å². The molecule has 186 valence electrons. The third kappa shape index (κ3) is 10.2. The van der Waals surface area contributed by atoms with Crippen LogP contribution in [0.1, 0.15) is 104 Å². The second-order valence-electron chi connectivity index (χ2n) is 11.2. The maximum atomic E-state index is 12.7. The highest BCUT2D eigenvalue weighted by Gasteiger charge is 2.37. The molecule has 0 aromatic rings. The van der Waals surface area contributed by atoms with Gasteiger partial charge in [0.1, 0.15) is 6.54 Å². The first kappa shape index (κ1) is 27.1. The number of hydrogen-bond acceptors (Lipinski definition) is 3. The number of rotatable bonds is 15. The Bertz CT molecular complexity index is 555. The van der Waals surface area contributed by atoms with E-state index in [9.17, 15) is 9.59 Å². The highest BCUT2D eigenvalue weighted by molar-refractivity contribution is 5.78. The minimum Gasteiger partial charge on any atom is -0.454 e. The summed E-state index contributed by atoms with van der Waals surface area (Å²) in [6.45, 7) is 11.4. The van der Waals surface area contributed by atoms with Crippen LogP contribution in [0.2, 0.25) is 0 Å². The predicted molar refractivity (Wildman–Crippen MR) is 131 cm³/mol. The predicted octanol–water partition coefficient (Wildman–Crippen LogP) is 5.56. The Morgan fingerprint density at radius 1 is 1.03 bits per heavy atom. The molecule has 0 bridgehead atoms. The van der Waals surface area contributed by atoms with Crippen molar-refractivity contribution in [2.24, 2.45) is 11.8 Å². The van der Waals surface area contributed by atoms with Gasteiger partial charge in [-0.25, -0.2) is 0 Å². The number of ether oxygens (including phenoxy) is 1. The van der Waals surface area contributed by atoms with Crippen LogP contribution in [0.15, 0.2) is 0 Å². The third-order valence-electron chi connectivity index (χ3n) is 7.33. The van der Waals surface area contributed by atoms with Crippen molar-refractivity contribution in [1.29, 1.82) is 0 Å². The summed E-state index contributed by atoms with van der Waals surface area (Å²) in [5.41, 5.74) is 0. The Balaban J connectivity index is 1.77. The molecule has 2 heterocycles. The van der Waals surface area contributed by atoms with Gasteiger partial charge in [0.05, 0.1) is 26.7 Å². The first-order valence-corrected chi connectivity index (χ1v) is 13.6. The molecule has 0 aromatic heterocycles. The lowest BCUT2D eigenvalue weighted by Gasteiger charge is -2.45. The molecule has 3 atom stereocenters. The number of carbonyl (C=O) groups excluding carboxylic acids is 2. The molecule has 0 saturated carbocycles. The average molecular weight is 452 g/mol. The van der Waals surface area contributed by atoms with Crippen molar-refractivity contribution in [2.45, 2.75) is 110 Å². The minimum atomic E-state index is -0.189. The Morgan fingerprint density at radius 2 is 1.62 bits per heavy atom. The number of unbranched alkanes of at least 4 members (excludes halogenated alkanes) is 8. The normalized spacial score (nSPS) is 27.0. The fraction of sp³-hybridized carbons (Fsp3) is 0.926. The van der Waals surface area contributed by atoms with Crippen LogP contribution in [0, 0.1) is 11.8 Å². The smallest absolute Gasteiger partial charge is 0.306 e. The molecule has 3 unspecified atom stereocenters. The molecular weight excluding hydrogens is 400 g/mol. The topological polar surface area (TPSA) is 46.6 Å². The second-order valence-corrected chi connectivity index (χ2v) is 11.2. The van der Waals surface area contributed by atoms with Crippen molar-refractivity contribution in [2.75, 3.05) is 39.8 Å². The number of quaternary nitrogens is 1. The Kier molecular flexibility index (Phi) is 12.1. The lowest BCUT2D eigenvalue weighted by atomic mass is 9.90. The zero-order chi connectivity index (χ0) is 23.4. The Labute approximate surface area is 197 Å². The molecule has 0 N–H and O–H groups in total. The zero-order valence-corrected chi connectivity index (χ0v) is 21.6. The molecule has 2 aliphatic heterocycles. The van der Waals surface area contributed by atoms with Crippen LogP contribution in [0.4, 0.5) is 0 Å². The van der Waals surface area contributed by atoms with Crippen LogP contribution in [-0.4, -0.2) is 67.1 Å². The van der Waals surface area contributed by atoms with E-state index >= 15 is 0 Å². The van der Waals surface area contributed by atoms with Crippen molar-refractivity contribution in [3.63, 3.8) is 0 Å². The van der Waals surface area contributed by atoms with Crippen molar-refractivity contribution < 1.29 is 18.8 Å². The van der Waals surface area contributed by atoms with E-state index in [0.29, 0.717) is 31.2 Å². The van der Waals surface area contributed by atoms with E-state index in [1.54, 1.807) is 0 Å². The highest BCUT2D eigenvalue weighted by atomic mass is 16.5. The number of nitrogens with zero attached hydrogens (tertiary/aromatic N) is 2. The minimum absolute atomic E-state index is 0.0747. The van der Waals surface area contributed by atoms with Crippen molar-refractivity contribution in [3.05, 3.63) is 0 Å². The van der Waals surface area contributed by atoms with Gasteiger partial charge in [0.2, 0.25) is 5.91 Å². The average Bonchev–Trinajstić information content (AvgIpc) is 3.09. The number of hydrogen-bond donors (Lipinski definition) is 0. The molecule has 5 nitrogen and oxygen atoms in total. The number of esters is 1. The van der Waals surface area contributed by atoms with E-state index in [1.165, 1.54) is 51.4 Å². The van der Waals surface area contributed by atoms with Gasteiger partial charge in [0, 0.05) is 31.2 Å². The zero-order valence-electron chi connectivity index (χ0n) is 21.6. The highest BCUT2D eigenvalue weighted by Crippen LogP contribution is 2.27. The van der Waals surface area contributed by atoms with Crippen LogP contribution in [0.25, 0.3) is 0 Å². The van der Waals surface area contributed by atoms with E-state index in [-0.39, 0.29) is 18.0 Å². The molecule has 0 aromatic carbocycles. The number of amides is 1. The molecule has 0 aliphatic carbocycles. The third-order valence-corrected chi connectivity index (χ3v) is 7.33. The van der Waals surface area contributed by atoms with E-state index < -0.39 is 0 Å². The molecule has 2 aliphatic rings. The molecular formula is C27H51N2O3+. The molecule has 2 rings (SSSR count). The summed E-state index contributed by atoms with van der Waals surface area (Å²) in [5, 5.41) is 0. The van der Waals surface area contributed by atoms with Gasteiger partial charge >= 0.3 is 5.97 Å². The van der Waals surface area contributed by atoms with E-state index in [0.717, 1.165) is 49.9 Å². The summed E-state index contributed by atoms with van der Waals surface area (Å²) in [5.74, 6) is 1.52.